The van der Waals surface area contributed by atoms with Crippen molar-refractivity contribution in [3.05, 3.63) is 91.0 Å². The zero-order valence-electron chi connectivity index (χ0n) is 14.1. The van der Waals surface area contributed by atoms with Gasteiger partial charge < -0.3 is 20.2 Å². The van der Waals surface area contributed by atoms with Gasteiger partial charge >= 0.3 is 0 Å². The van der Waals surface area contributed by atoms with E-state index in [0.29, 0.717) is 11.4 Å². The molecule has 1 aromatic carbocycles. The summed E-state index contributed by atoms with van der Waals surface area (Å²) >= 11 is 0. The Morgan fingerprint density at radius 3 is 1.81 bits per heavy atom. The summed E-state index contributed by atoms with van der Waals surface area (Å²) in [5, 5.41) is 20.7. The van der Waals surface area contributed by atoms with Crippen LogP contribution in [0.4, 0.5) is 4.39 Å². The Morgan fingerprint density at radius 1 is 0.885 bits per heavy atom. The minimum absolute atomic E-state index is 0.147. The Balaban J connectivity index is 2.40. The predicted octanol–water partition coefficient (Wildman–Crippen LogP) is 2.41. The molecule has 0 bridgehead atoms. The van der Waals surface area contributed by atoms with Crippen LogP contribution in [0.5, 0.6) is 11.5 Å². The Bertz CT molecular complexity index is 1040. The molecular weight excluding hydrogens is 339 g/mol. The number of benzene rings is 1. The molecule has 0 radical (unpaired) electrons. The first-order valence-corrected chi connectivity index (χ1v) is 7.89. The Hall–Kier alpha value is -3.35. The van der Waals surface area contributed by atoms with Crippen molar-refractivity contribution >= 4 is 0 Å². The van der Waals surface area contributed by atoms with E-state index in [4.69, 9.17) is 0 Å². The van der Waals surface area contributed by atoms with Crippen molar-refractivity contribution in [3.8, 4) is 11.5 Å². The van der Waals surface area contributed by atoms with E-state index in [-0.39, 0.29) is 28.2 Å². The lowest BCUT2D eigenvalue weighted by atomic mass is 9.85. The van der Waals surface area contributed by atoms with E-state index in [1.807, 2.05) is 0 Å². The fourth-order valence-corrected chi connectivity index (χ4v) is 3.09. The molecule has 2 heterocycles. The number of aromatic amines is 2. The maximum Gasteiger partial charge on any atom is 0.256 e. The van der Waals surface area contributed by atoms with Crippen LogP contribution >= 0.6 is 0 Å². The van der Waals surface area contributed by atoms with Gasteiger partial charge in [-0.05, 0) is 43.7 Å². The second kappa shape index (κ2) is 6.51. The first-order valence-electron chi connectivity index (χ1n) is 7.89. The maximum atomic E-state index is 13.8. The number of hydrogen-bond donors (Lipinski definition) is 4. The number of pyridine rings is 2. The van der Waals surface area contributed by atoms with Crippen LogP contribution in [0.1, 0.15) is 34.0 Å². The van der Waals surface area contributed by atoms with Crippen LogP contribution in [0, 0.1) is 19.7 Å². The summed E-state index contributed by atoms with van der Waals surface area (Å²) < 4.78 is 13.8. The van der Waals surface area contributed by atoms with Gasteiger partial charge in [0.05, 0.1) is 17.0 Å². The average Bonchev–Trinajstić information content (AvgIpc) is 2.51. The Kier molecular flexibility index (Phi) is 4.38. The highest BCUT2D eigenvalue weighted by Crippen LogP contribution is 2.37. The van der Waals surface area contributed by atoms with Crippen LogP contribution < -0.4 is 11.1 Å². The lowest BCUT2D eigenvalue weighted by Crippen LogP contribution is -2.25. The van der Waals surface area contributed by atoms with E-state index < -0.39 is 22.9 Å². The molecule has 0 unspecified atom stereocenters. The summed E-state index contributed by atoms with van der Waals surface area (Å²) in [6.07, 6.45) is 0. The van der Waals surface area contributed by atoms with Crippen LogP contribution in [0.3, 0.4) is 0 Å². The van der Waals surface area contributed by atoms with Crippen molar-refractivity contribution in [2.24, 2.45) is 0 Å². The Morgan fingerprint density at radius 2 is 1.38 bits per heavy atom. The second-order valence-corrected chi connectivity index (χ2v) is 6.15. The van der Waals surface area contributed by atoms with Gasteiger partial charge in [-0.1, -0.05) is 12.1 Å². The standard InChI is InChI=1S/C19H17FN2O4/c1-9-6-13(23)16(18(25)21-9)15(11-4-3-5-12(20)8-11)17-14(24)7-10(2)22-19(17)26/h3-8,15H,1-2H3,(H2,21,23,25)(H2,22,24,26). The number of halogens is 1. The molecular formula is C19H17FN2O4. The average molecular weight is 356 g/mol. The smallest absolute Gasteiger partial charge is 0.256 e. The fourth-order valence-electron chi connectivity index (χ4n) is 3.09. The molecule has 0 aliphatic rings. The second-order valence-electron chi connectivity index (χ2n) is 6.15. The van der Waals surface area contributed by atoms with Crippen molar-refractivity contribution in [1.29, 1.82) is 0 Å². The normalized spacial score (nSPS) is 11.1. The molecule has 0 aliphatic carbocycles. The van der Waals surface area contributed by atoms with Crippen LogP contribution in [-0.4, -0.2) is 20.2 Å². The zero-order valence-corrected chi connectivity index (χ0v) is 14.1. The molecule has 0 atom stereocenters. The van der Waals surface area contributed by atoms with E-state index in [2.05, 4.69) is 9.97 Å². The number of H-pyrrole nitrogens is 2. The zero-order chi connectivity index (χ0) is 19.0. The SMILES string of the molecule is Cc1cc(O)c(C(c2cccc(F)c2)c2c(O)cc(C)[nH]c2=O)c(=O)[nH]1. The summed E-state index contributed by atoms with van der Waals surface area (Å²) in [6, 6.07) is 7.99. The third-order valence-corrected chi connectivity index (χ3v) is 4.13. The molecule has 0 aliphatic heterocycles. The molecule has 26 heavy (non-hydrogen) atoms. The van der Waals surface area contributed by atoms with E-state index in [1.54, 1.807) is 13.8 Å². The third kappa shape index (κ3) is 3.11. The van der Waals surface area contributed by atoms with E-state index in [9.17, 15) is 24.2 Å². The molecule has 6 nitrogen and oxygen atoms in total. The number of aryl methyl sites for hydroxylation is 2. The molecule has 7 heteroatoms. The highest BCUT2D eigenvalue weighted by atomic mass is 19.1. The minimum atomic E-state index is -1.15. The molecule has 0 saturated heterocycles. The van der Waals surface area contributed by atoms with Crippen molar-refractivity contribution < 1.29 is 14.6 Å². The summed E-state index contributed by atoms with van der Waals surface area (Å²) in [5.74, 6) is -2.42. The van der Waals surface area contributed by atoms with Crippen LogP contribution in [-0.2, 0) is 0 Å². The van der Waals surface area contributed by atoms with Gasteiger partial charge in [0.25, 0.3) is 11.1 Å². The van der Waals surface area contributed by atoms with Gasteiger partial charge in [0, 0.05) is 11.4 Å². The molecule has 4 N–H and O–H groups in total. The van der Waals surface area contributed by atoms with Gasteiger partial charge in [0.2, 0.25) is 0 Å². The number of hydrogen-bond acceptors (Lipinski definition) is 4. The number of nitrogens with one attached hydrogen (secondary N) is 2. The maximum absolute atomic E-state index is 13.8. The molecule has 0 saturated carbocycles. The largest absolute Gasteiger partial charge is 0.507 e. The van der Waals surface area contributed by atoms with E-state index in [1.165, 1.54) is 30.3 Å². The molecule has 0 fully saturated rings. The molecule has 3 aromatic rings. The van der Waals surface area contributed by atoms with Crippen molar-refractivity contribution in [2.75, 3.05) is 0 Å². The number of rotatable bonds is 3. The lowest BCUT2D eigenvalue weighted by molar-refractivity contribution is 0.454. The van der Waals surface area contributed by atoms with Gasteiger partial charge in [-0.2, -0.15) is 0 Å². The summed E-state index contributed by atoms with van der Waals surface area (Å²) in [4.78, 5) is 30.2. The quantitative estimate of drug-likeness (QED) is 0.578. The van der Waals surface area contributed by atoms with E-state index in [0.717, 1.165) is 6.07 Å². The predicted molar refractivity (Wildman–Crippen MR) is 94.3 cm³/mol. The van der Waals surface area contributed by atoms with Crippen molar-refractivity contribution in [1.82, 2.24) is 9.97 Å². The number of aromatic nitrogens is 2. The third-order valence-electron chi connectivity index (χ3n) is 4.13. The van der Waals surface area contributed by atoms with Gasteiger partial charge in [0.1, 0.15) is 17.3 Å². The minimum Gasteiger partial charge on any atom is -0.507 e. The lowest BCUT2D eigenvalue weighted by Gasteiger charge is -2.19. The molecule has 0 spiro atoms. The topological polar surface area (TPSA) is 106 Å². The van der Waals surface area contributed by atoms with E-state index >= 15 is 0 Å². The van der Waals surface area contributed by atoms with Crippen LogP contribution in [0.15, 0.2) is 46.0 Å². The summed E-state index contributed by atoms with van der Waals surface area (Å²) in [7, 11) is 0. The molecule has 134 valence electrons. The van der Waals surface area contributed by atoms with Gasteiger partial charge in [0.15, 0.2) is 0 Å². The van der Waals surface area contributed by atoms with Crippen molar-refractivity contribution in [3.63, 3.8) is 0 Å². The highest BCUT2D eigenvalue weighted by molar-refractivity contribution is 5.51. The fraction of sp³-hybridized carbons (Fsp3) is 0.158. The summed E-state index contributed by atoms with van der Waals surface area (Å²) in [5.41, 5.74) is -0.448. The van der Waals surface area contributed by atoms with Crippen molar-refractivity contribution in [2.45, 2.75) is 19.8 Å². The molecule has 3 rings (SSSR count). The molecule has 2 aromatic heterocycles. The van der Waals surface area contributed by atoms with Gasteiger partial charge in [-0.25, -0.2) is 4.39 Å². The van der Waals surface area contributed by atoms with Gasteiger partial charge in [-0.3, -0.25) is 9.59 Å². The summed E-state index contributed by atoms with van der Waals surface area (Å²) in [6.45, 7) is 3.19. The highest BCUT2D eigenvalue weighted by Gasteiger charge is 2.29. The van der Waals surface area contributed by atoms with Crippen LogP contribution in [0.25, 0.3) is 0 Å². The van der Waals surface area contributed by atoms with Crippen LogP contribution in [0.2, 0.25) is 0 Å². The monoisotopic (exact) mass is 356 g/mol. The number of aromatic hydroxyl groups is 2. The first kappa shape index (κ1) is 17.5. The first-order chi connectivity index (χ1) is 12.3. The Labute approximate surface area is 147 Å². The molecule has 0 amide bonds. The van der Waals surface area contributed by atoms with Gasteiger partial charge in [-0.15, -0.1) is 0 Å².